The SMILES string of the molecule is Cc1ccc(OC(F)F)c(CNC(=O)C2CNCCO2)c1.Cl. The molecule has 0 radical (unpaired) electrons. The molecule has 0 spiro atoms. The smallest absolute Gasteiger partial charge is 0.387 e. The van der Waals surface area contributed by atoms with Crippen molar-refractivity contribution in [2.24, 2.45) is 0 Å². The number of amides is 1. The zero-order valence-electron chi connectivity index (χ0n) is 12.1. The summed E-state index contributed by atoms with van der Waals surface area (Å²) in [6.07, 6.45) is -0.553. The molecule has 1 aromatic carbocycles. The van der Waals surface area contributed by atoms with Crippen LogP contribution < -0.4 is 15.4 Å². The third-order valence-electron chi connectivity index (χ3n) is 3.11. The van der Waals surface area contributed by atoms with Gasteiger partial charge < -0.3 is 20.1 Å². The average Bonchev–Trinajstić information content (AvgIpc) is 2.47. The van der Waals surface area contributed by atoms with Crippen molar-refractivity contribution in [3.8, 4) is 5.75 Å². The molecule has 1 fully saturated rings. The van der Waals surface area contributed by atoms with Gasteiger partial charge in [0.25, 0.3) is 5.91 Å². The fourth-order valence-electron chi connectivity index (χ4n) is 2.09. The highest BCUT2D eigenvalue weighted by Crippen LogP contribution is 2.22. The first-order valence-electron chi connectivity index (χ1n) is 6.70. The van der Waals surface area contributed by atoms with Crippen LogP contribution in [0.4, 0.5) is 8.78 Å². The van der Waals surface area contributed by atoms with Crippen molar-refractivity contribution >= 4 is 18.3 Å². The Hall–Kier alpha value is -1.44. The van der Waals surface area contributed by atoms with Crippen LogP contribution in [0.1, 0.15) is 11.1 Å². The van der Waals surface area contributed by atoms with Crippen LogP contribution in [0.3, 0.4) is 0 Å². The Morgan fingerprint density at radius 2 is 2.32 bits per heavy atom. The van der Waals surface area contributed by atoms with Gasteiger partial charge in [0.2, 0.25) is 0 Å². The molecule has 1 saturated heterocycles. The maximum atomic E-state index is 12.4. The average molecular weight is 337 g/mol. The van der Waals surface area contributed by atoms with Crippen molar-refractivity contribution in [1.82, 2.24) is 10.6 Å². The fourth-order valence-corrected chi connectivity index (χ4v) is 2.09. The molecule has 2 rings (SSSR count). The van der Waals surface area contributed by atoms with Gasteiger partial charge in [-0.2, -0.15) is 8.78 Å². The van der Waals surface area contributed by atoms with Crippen molar-refractivity contribution in [1.29, 1.82) is 0 Å². The minimum Gasteiger partial charge on any atom is -0.434 e. The lowest BCUT2D eigenvalue weighted by molar-refractivity contribution is -0.134. The first-order chi connectivity index (χ1) is 10.1. The Labute approximate surface area is 133 Å². The minimum atomic E-state index is -2.90. The van der Waals surface area contributed by atoms with E-state index in [1.165, 1.54) is 6.07 Å². The third-order valence-corrected chi connectivity index (χ3v) is 3.11. The van der Waals surface area contributed by atoms with E-state index in [9.17, 15) is 13.6 Å². The Kier molecular flexibility index (Phi) is 7.50. The van der Waals surface area contributed by atoms with E-state index in [0.717, 1.165) is 5.56 Å². The molecule has 1 amide bonds. The lowest BCUT2D eigenvalue weighted by atomic mass is 10.1. The summed E-state index contributed by atoms with van der Waals surface area (Å²) in [6, 6.07) is 4.86. The molecule has 124 valence electrons. The topological polar surface area (TPSA) is 59.6 Å². The van der Waals surface area contributed by atoms with Gasteiger partial charge in [-0.05, 0) is 13.0 Å². The van der Waals surface area contributed by atoms with Gasteiger partial charge in [-0.1, -0.05) is 17.7 Å². The van der Waals surface area contributed by atoms with Crippen molar-refractivity contribution in [2.45, 2.75) is 26.2 Å². The van der Waals surface area contributed by atoms with Crippen LogP contribution in [0, 0.1) is 6.92 Å². The Morgan fingerprint density at radius 1 is 1.55 bits per heavy atom. The van der Waals surface area contributed by atoms with E-state index in [4.69, 9.17) is 4.74 Å². The van der Waals surface area contributed by atoms with Gasteiger partial charge in [-0.15, -0.1) is 12.4 Å². The monoisotopic (exact) mass is 336 g/mol. The second-order valence-corrected chi connectivity index (χ2v) is 4.77. The molecule has 0 saturated carbocycles. The number of carbonyl (C=O) groups is 1. The van der Waals surface area contributed by atoms with Crippen LogP contribution in [0.5, 0.6) is 5.75 Å². The summed E-state index contributed by atoms with van der Waals surface area (Å²) in [4.78, 5) is 11.9. The third kappa shape index (κ3) is 5.40. The summed E-state index contributed by atoms with van der Waals surface area (Å²) in [5.74, 6) is -0.203. The number of ether oxygens (including phenoxy) is 2. The number of morpholine rings is 1. The van der Waals surface area contributed by atoms with Crippen molar-refractivity contribution < 1.29 is 23.0 Å². The van der Waals surface area contributed by atoms with Gasteiger partial charge in [0.05, 0.1) is 6.61 Å². The first kappa shape index (κ1) is 18.6. The zero-order chi connectivity index (χ0) is 15.2. The molecule has 1 aliphatic rings. The highest BCUT2D eigenvalue weighted by Gasteiger charge is 2.21. The number of benzene rings is 1. The minimum absolute atomic E-state index is 0. The second-order valence-electron chi connectivity index (χ2n) is 4.77. The highest BCUT2D eigenvalue weighted by atomic mass is 35.5. The number of halogens is 3. The number of rotatable bonds is 5. The maximum Gasteiger partial charge on any atom is 0.387 e. The number of carbonyl (C=O) groups excluding carboxylic acids is 1. The van der Waals surface area contributed by atoms with Gasteiger partial charge in [0.15, 0.2) is 0 Å². The number of aryl methyl sites for hydroxylation is 1. The molecule has 0 aromatic heterocycles. The van der Waals surface area contributed by atoms with Crippen LogP contribution in [-0.2, 0) is 16.1 Å². The van der Waals surface area contributed by atoms with Gasteiger partial charge >= 0.3 is 6.61 Å². The van der Waals surface area contributed by atoms with E-state index in [1.807, 2.05) is 6.92 Å². The number of hydrogen-bond donors (Lipinski definition) is 2. The van der Waals surface area contributed by atoms with Crippen molar-refractivity contribution in [2.75, 3.05) is 19.7 Å². The van der Waals surface area contributed by atoms with E-state index < -0.39 is 12.7 Å². The van der Waals surface area contributed by atoms with Crippen molar-refractivity contribution in [3.05, 3.63) is 29.3 Å². The normalized spacial score (nSPS) is 17.7. The molecule has 1 aromatic rings. The van der Waals surface area contributed by atoms with Gasteiger partial charge in [0.1, 0.15) is 11.9 Å². The summed E-state index contributed by atoms with van der Waals surface area (Å²) in [6.45, 7) is 0.692. The van der Waals surface area contributed by atoms with E-state index in [-0.39, 0.29) is 30.6 Å². The molecule has 8 heteroatoms. The molecular formula is C14H19ClF2N2O3. The number of hydrogen-bond acceptors (Lipinski definition) is 4. The number of nitrogens with one attached hydrogen (secondary N) is 2. The highest BCUT2D eigenvalue weighted by molar-refractivity contribution is 5.85. The van der Waals surface area contributed by atoms with E-state index in [1.54, 1.807) is 12.1 Å². The van der Waals surface area contributed by atoms with E-state index in [0.29, 0.717) is 25.3 Å². The quantitative estimate of drug-likeness (QED) is 0.858. The van der Waals surface area contributed by atoms with E-state index >= 15 is 0 Å². The molecule has 2 N–H and O–H groups in total. The molecule has 0 aliphatic carbocycles. The Bertz CT molecular complexity index is 497. The van der Waals surface area contributed by atoms with Crippen LogP contribution >= 0.6 is 12.4 Å². The fraction of sp³-hybridized carbons (Fsp3) is 0.500. The summed E-state index contributed by atoms with van der Waals surface area (Å²) in [5.41, 5.74) is 1.41. The van der Waals surface area contributed by atoms with E-state index in [2.05, 4.69) is 15.4 Å². The molecular weight excluding hydrogens is 318 g/mol. The van der Waals surface area contributed by atoms with Crippen LogP contribution in [0.15, 0.2) is 18.2 Å². The van der Waals surface area contributed by atoms with Crippen LogP contribution in [0.25, 0.3) is 0 Å². The lowest BCUT2D eigenvalue weighted by Crippen LogP contribution is -2.47. The molecule has 5 nitrogen and oxygen atoms in total. The predicted octanol–water partition coefficient (Wildman–Crippen LogP) is 1.62. The lowest BCUT2D eigenvalue weighted by Gasteiger charge is -2.23. The molecule has 1 atom stereocenters. The summed E-state index contributed by atoms with van der Waals surface area (Å²) < 4.78 is 34.5. The summed E-state index contributed by atoms with van der Waals surface area (Å²) in [5, 5.41) is 5.73. The standard InChI is InChI=1S/C14H18F2N2O3.ClH/c1-9-2-3-11(21-14(15)16)10(6-9)7-18-13(19)12-8-17-4-5-20-12;/h2-3,6,12,14,17H,4-5,7-8H2,1H3,(H,18,19);1H. The molecule has 1 aliphatic heterocycles. The predicted molar refractivity (Wildman–Crippen MR) is 79.5 cm³/mol. The molecule has 1 heterocycles. The van der Waals surface area contributed by atoms with Crippen LogP contribution in [-0.4, -0.2) is 38.3 Å². The first-order valence-corrected chi connectivity index (χ1v) is 6.70. The van der Waals surface area contributed by atoms with Gasteiger partial charge in [-0.25, -0.2) is 0 Å². The van der Waals surface area contributed by atoms with Gasteiger partial charge in [0, 0.05) is 25.2 Å². The Balaban J connectivity index is 0.00000242. The molecule has 1 unspecified atom stereocenters. The maximum absolute atomic E-state index is 12.4. The summed E-state index contributed by atoms with van der Waals surface area (Å²) in [7, 11) is 0. The van der Waals surface area contributed by atoms with Crippen molar-refractivity contribution in [3.63, 3.8) is 0 Å². The largest absolute Gasteiger partial charge is 0.434 e. The second kappa shape index (κ2) is 8.87. The summed E-state index contributed by atoms with van der Waals surface area (Å²) >= 11 is 0. The number of alkyl halides is 2. The zero-order valence-corrected chi connectivity index (χ0v) is 12.9. The van der Waals surface area contributed by atoms with Crippen LogP contribution in [0.2, 0.25) is 0 Å². The Morgan fingerprint density at radius 3 is 2.95 bits per heavy atom. The molecule has 0 bridgehead atoms. The molecule has 22 heavy (non-hydrogen) atoms. The van der Waals surface area contributed by atoms with Gasteiger partial charge in [-0.3, -0.25) is 4.79 Å².